The average Bonchev–Trinajstić information content (AvgIpc) is 2.62. The van der Waals surface area contributed by atoms with E-state index in [9.17, 15) is 4.79 Å². The van der Waals surface area contributed by atoms with Crippen molar-refractivity contribution in [3.63, 3.8) is 0 Å². The molecule has 0 saturated carbocycles. The van der Waals surface area contributed by atoms with E-state index in [4.69, 9.17) is 9.47 Å². The molecule has 0 aliphatic carbocycles. The molecule has 0 aliphatic rings. The van der Waals surface area contributed by atoms with Crippen molar-refractivity contribution in [1.29, 1.82) is 0 Å². The Kier molecular flexibility index (Phi) is 6.45. The van der Waals surface area contributed by atoms with Crippen LogP contribution in [0, 0.1) is 13.8 Å². The molecule has 4 nitrogen and oxygen atoms in total. The zero-order valence-corrected chi connectivity index (χ0v) is 15.6. The van der Waals surface area contributed by atoms with Gasteiger partial charge in [-0.25, -0.2) is 4.79 Å². The second-order valence-electron chi connectivity index (χ2n) is 5.99. The molecular weight excluding hydrogens is 316 g/mol. The van der Waals surface area contributed by atoms with Crippen LogP contribution in [0.5, 0.6) is 11.5 Å². The molecule has 0 spiro atoms. The Morgan fingerprint density at radius 3 is 2.32 bits per heavy atom. The first-order valence-electron chi connectivity index (χ1n) is 8.59. The largest absolute Gasteiger partial charge is 0.513 e. The van der Waals surface area contributed by atoms with Crippen LogP contribution in [0.1, 0.15) is 41.7 Å². The molecule has 0 bridgehead atoms. The molecule has 0 aromatic heterocycles. The molecule has 0 aliphatic heterocycles. The molecule has 0 heterocycles. The maximum absolute atomic E-state index is 11.5. The fourth-order valence-corrected chi connectivity index (χ4v) is 2.87. The van der Waals surface area contributed by atoms with E-state index in [0.717, 1.165) is 35.3 Å². The summed E-state index contributed by atoms with van der Waals surface area (Å²) in [6.07, 6.45) is 1.10. The van der Waals surface area contributed by atoms with Gasteiger partial charge in [-0.2, -0.15) is 0 Å². The normalized spacial score (nSPS) is 10.4. The lowest BCUT2D eigenvalue weighted by Crippen LogP contribution is -2.11. The number of hydrogen-bond donors (Lipinski definition) is 0. The van der Waals surface area contributed by atoms with Gasteiger partial charge in [-0.05, 0) is 61.1 Å². The van der Waals surface area contributed by atoms with E-state index in [2.05, 4.69) is 37.6 Å². The van der Waals surface area contributed by atoms with E-state index >= 15 is 0 Å². The molecule has 2 aromatic rings. The molecule has 0 fully saturated rings. The Morgan fingerprint density at radius 1 is 0.960 bits per heavy atom. The van der Waals surface area contributed by atoms with Crippen LogP contribution < -0.4 is 9.47 Å². The van der Waals surface area contributed by atoms with Crippen molar-refractivity contribution in [2.45, 2.75) is 47.1 Å². The number of benzene rings is 2. The molecule has 2 rings (SSSR count). The quantitative estimate of drug-likeness (QED) is 0.538. The highest BCUT2D eigenvalue weighted by Crippen LogP contribution is 2.28. The molecule has 0 saturated heterocycles. The van der Waals surface area contributed by atoms with Crippen LogP contribution in [-0.4, -0.2) is 13.3 Å². The van der Waals surface area contributed by atoms with Gasteiger partial charge >= 0.3 is 6.16 Å². The van der Waals surface area contributed by atoms with Crippen LogP contribution in [0.2, 0.25) is 0 Å². The highest BCUT2D eigenvalue weighted by atomic mass is 16.7. The minimum atomic E-state index is -0.728. The SMILES string of the molecule is CCc1cc(C)c(OCc2c(CC)cccc2OC(=O)OC)cc1C. The topological polar surface area (TPSA) is 44.8 Å². The molecule has 0 radical (unpaired) electrons. The van der Waals surface area contributed by atoms with Gasteiger partial charge in [-0.1, -0.05) is 32.0 Å². The predicted molar refractivity (Wildman–Crippen MR) is 98.5 cm³/mol. The first-order chi connectivity index (χ1) is 12.0. The maximum Gasteiger partial charge on any atom is 0.513 e. The van der Waals surface area contributed by atoms with Crippen molar-refractivity contribution in [3.8, 4) is 11.5 Å². The summed E-state index contributed by atoms with van der Waals surface area (Å²) in [6, 6.07) is 9.88. The van der Waals surface area contributed by atoms with Crippen molar-refractivity contribution < 1.29 is 19.0 Å². The highest BCUT2D eigenvalue weighted by Gasteiger charge is 2.14. The van der Waals surface area contributed by atoms with Gasteiger partial charge in [0.15, 0.2) is 0 Å². The summed E-state index contributed by atoms with van der Waals surface area (Å²) in [5.74, 6) is 1.33. The zero-order valence-electron chi connectivity index (χ0n) is 15.6. The summed E-state index contributed by atoms with van der Waals surface area (Å²) in [7, 11) is 1.30. The zero-order chi connectivity index (χ0) is 18.4. The van der Waals surface area contributed by atoms with Gasteiger partial charge in [0, 0.05) is 5.56 Å². The molecule has 25 heavy (non-hydrogen) atoms. The van der Waals surface area contributed by atoms with Crippen LogP contribution in [0.3, 0.4) is 0 Å². The summed E-state index contributed by atoms with van der Waals surface area (Å²) in [6.45, 7) is 8.69. The third kappa shape index (κ3) is 4.53. The number of aryl methyl sites for hydroxylation is 4. The van der Waals surface area contributed by atoms with E-state index in [0.29, 0.717) is 12.4 Å². The third-order valence-electron chi connectivity index (χ3n) is 4.36. The van der Waals surface area contributed by atoms with Crippen molar-refractivity contribution in [2.75, 3.05) is 7.11 Å². The minimum absolute atomic E-state index is 0.335. The Bertz CT molecular complexity index is 750. The minimum Gasteiger partial charge on any atom is -0.488 e. The van der Waals surface area contributed by atoms with E-state index in [1.54, 1.807) is 6.07 Å². The summed E-state index contributed by atoms with van der Waals surface area (Å²) in [4.78, 5) is 11.5. The molecular formula is C21H26O4. The van der Waals surface area contributed by atoms with Crippen molar-refractivity contribution in [3.05, 3.63) is 58.1 Å². The van der Waals surface area contributed by atoms with Gasteiger partial charge in [-0.15, -0.1) is 0 Å². The number of carbonyl (C=O) groups excluding carboxylic acids is 1. The van der Waals surface area contributed by atoms with Gasteiger partial charge in [0.25, 0.3) is 0 Å². The Labute approximate surface area is 149 Å². The molecule has 2 aromatic carbocycles. The van der Waals surface area contributed by atoms with E-state index in [-0.39, 0.29) is 0 Å². The standard InChI is InChI=1S/C21H26O4/c1-6-16-9-8-10-19(25-21(22)23-5)18(16)13-24-20-12-14(3)17(7-2)11-15(20)4/h8-12H,6-7,13H2,1-5H3. The number of rotatable bonds is 6. The van der Waals surface area contributed by atoms with Gasteiger partial charge in [0.1, 0.15) is 18.1 Å². The number of hydrogen-bond acceptors (Lipinski definition) is 4. The first kappa shape index (κ1) is 18.8. The number of carbonyl (C=O) groups is 1. The molecule has 134 valence electrons. The Hall–Kier alpha value is -2.49. The summed E-state index contributed by atoms with van der Waals surface area (Å²) in [5.41, 5.74) is 5.60. The molecule has 0 N–H and O–H groups in total. The van der Waals surface area contributed by atoms with Gasteiger partial charge in [0.05, 0.1) is 7.11 Å². The van der Waals surface area contributed by atoms with Crippen LogP contribution >= 0.6 is 0 Å². The van der Waals surface area contributed by atoms with E-state index < -0.39 is 6.16 Å². The monoisotopic (exact) mass is 342 g/mol. The summed E-state index contributed by atoms with van der Waals surface area (Å²) in [5, 5.41) is 0. The van der Waals surface area contributed by atoms with Crippen LogP contribution in [0.15, 0.2) is 30.3 Å². The van der Waals surface area contributed by atoms with Gasteiger partial charge < -0.3 is 14.2 Å². The van der Waals surface area contributed by atoms with Crippen LogP contribution in [0.25, 0.3) is 0 Å². The smallest absolute Gasteiger partial charge is 0.488 e. The van der Waals surface area contributed by atoms with Gasteiger partial charge in [-0.3, -0.25) is 0 Å². The summed E-state index contributed by atoms with van der Waals surface area (Å²) < 4.78 is 15.9. The lowest BCUT2D eigenvalue weighted by molar-refractivity contribution is 0.120. The van der Waals surface area contributed by atoms with E-state index in [1.807, 2.05) is 19.1 Å². The molecule has 0 amide bonds. The second-order valence-corrected chi connectivity index (χ2v) is 5.99. The first-order valence-corrected chi connectivity index (χ1v) is 8.59. The van der Waals surface area contributed by atoms with Gasteiger partial charge in [0.2, 0.25) is 0 Å². The Balaban J connectivity index is 2.28. The number of ether oxygens (including phenoxy) is 3. The fraction of sp³-hybridized carbons (Fsp3) is 0.381. The summed E-state index contributed by atoms with van der Waals surface area (Å²) >= 11 is 0. The highest BCUT2D eigenvalue weighted by molar-refractivity contribution is 5.64. The number of methoxy groups -OCH3 is 1. The van der Waals surface area contributed by atoms with Crippen molar-refractivity contribution in [2.24, 2.45) is 0 Å². The lowest BCUT2D eigenvalue weighted by Gasteiger charge is -2.16. The Morgan fingerprint density at radius 2 is 1.68 bits per heavy atom. The van der Waals surface area contributed by atoms with Crippen molar-refractivity contribution >= 4 is 6.16 Å². The third-order valence-corrected chi connectivity index (χ3v) is 4.36. The lowest BCUT2D eigenvalue weighted by atomic mass is 10.0. The van der Waals surface area contributed by atoms with E-state index in [1.165, 1.54) is 18.2 Å². The van der Waals surface area contributed by atoms with Crippen molar-refractivity contribution in [1.82, 2.24) is 0 Å². The van der Waals surface area contributed by atoms with Crippen LogP contribution in [0.4, 0.5) is 4.79 Å². The molecule has 0 unspecified atom stereocenters. The van der Waals surface area contributed by atoms with Crippen LogP contribution in [-0.2, 0) is 24.2 Å². The maximum atomic E-state index is 11.5. The second kappa shape index (κ2) is 8.56. The molecule has 0 atom stereocenters. The average molecular weight is 342 g/mol. The fourth-order valence-electron chi connectivity index (χ4n) is 2.87. The molecule has 4 heteroatoms. The predicted octanol–water partition coefficient (Wildman–Crippen LogP) is 5.15.